The van der Waals surface area contributed by atoms with Crippen LogP contribution < -0.4 is 9.62 Å². The number of hydrogen-bond donors (Lipinski definition) is 3. The van der Waals surface area contributed by atoms with Crippen LogP contribution in [0, 0.1) is 0 Å². The number of hydrogen-bond acceptors (Lipinski definition) is 5. The Kier molecular flexibility index (Phi) is 6.79. The third-order valence-corrected chi connectivity index (χ3v) is 6.67. The number of carbonyl (C=O) groups excluding carboxylic acids is 1. The number of nitrogens with zero attached hydrogens (tertiary/aromatic N) is 1. The lowest BCUT2D eigenvalue weighted by atomic mass is 9.96. The number of phenolic OH excluding ortho intramolecular Hbond substituents is 2. The van der Waals surface area contributed by atoms with Gasteiger partial charge < -0.3 is 15.1 Å². The molecule has 0 spiro atoms. The van der Waals surface area contributed by atoms with E-state index in [1.54, 1.807) is 19.2 Å². The van der Waals surface area contributed by atoms with Crippen molar-refractivity contribution >= 4 is 27.7 Å². The van der Waals surface area contributed by atoms with E-state index < -0.39 is 10.0 Å². The number of phenols is 2. The number of carbonyl (C=O) groups is 1. The van der Waals surface area contributed by atoms with E-state index in [1.165, 1.54) is 47.4 Å². The summed E-state index contributed by atoms with van der Waals surface area (Å²) in [5.41, 5.74) is 1.02. The van der Waals surface area contributed by atoms with E-state index in [9.17, 15) is 23.4 Å². The van der Waals surface area contributed by atoms with E-state index in [4.69, 9.17) is 0 Å². The zero-order valence-electron chi connectivity index (χ0n) is 16.8. The molecule has 0 saturated heterocycles. The molecule has 8 heteroatoms. The SMILES string of the molecule is CN(C(=O)C=Cc1cc(O)cc(O)c1)c1ccc(S(=O)(=O)NC2CCCCC2)cc1. The second-order valence-electron chi connectivity index (χ2n) is 7.46. The molecule has 0 aromatic heterocycles. The molecule has 160 valence electrons. The van der Waals surface area contributed by atoms with Crippen molar-refractivity contribution in [2.24, 2.45) is 0 Å². The van der Waals surface area contributed by atoms with Crippen LogP contribution in [0.1, 0.15) is 37.7 Å². The molecule has 3 N–H and O–H groups in total. The molecule has 2 aromatic carbocycles. The lowest BCUT2D eigenvalue weighted by Crippen LogP contribution is -2.36. The van der Waals surface area contributed by atoms with Crippen molar-refractivity contribution < 1.29 is 23.4 Å². The maximum Gasteiger partial charge on any atom is 0.250 e. The quantitative estimate of drug-likeness (QED) is 0.609. The molecule has 0 heterocycles. The monoisotopic (exact) mass is 430 g/mol. The summed E-state index contributed by atoms with van der Waals surface area (Å²) in [4.78, 5) is 14.0. The molecule has 3 rings (SSSR count). The number of amides is 1. The van der Waals surface area contributed by atoms with Crippen LogP contribution in [0.4, 0.5) is 5.69 Å². The fourth-order valence-corrected chi connectivity index (χ4v) is 4.78. The Hall–Kier alpha value is -2.84. The number of nitrogens with one attached hydrogen (secondary N) is 1. The van der Waals surface area contributed by atoms with Crippen molar-refractivity contribution in [1.29, 1.82) is 0 Å². The van der Waals surface area contributed by atoms with Gasteiger partial charge in [0.25, 0.3) is 5.91 Å². The first-order chi connectivity index (χ1) is 14.2. The van der Waals surface area contributed by atoms with Gasteiger partial charge >= 0.3 is 0 Å². The van der Waals surface area contributed by atoms with Gasteiger partial charge in [0.15, 0.2) is 0 Å². The molecule has 1 aliphatic rings. The highest BCUT2D eigenvalue weighted by molar-refractivity contribution is 7.89. The van der Waals surface area contributed by atoms with Crippen molar-refractivity contribution in [1.82, 2.24) is 4.72 Å². The molecule has 1 saturated carbocycles. The molecular weight excluding hydrogens is 404 g/mol. The van der Waals surface area contributed by atoms with E-state index in [0.29, 0.717) is 11.3 Å². The van der Waals surface area contributed by atoms with Crippen molar-refractivity contribution in [3.05, 3.63) is 54.1 Å². The van der Waals surface area contributed by atoms with E-state index >= 15 is 0 Å². The number of aromatic hydroxyl groups is 2. The highest BCUT2D eigenvalue weighted by Gasteiger charge is 2.22. The molecule has 7 nitrogen and oxygen atoms in total. The van der Waals surface area contributed by atoms with Crippen LogP contribution in [-0.4, -0.2) is 37.6 Å². The summed E-state index contributed by atoms with van der Waals surface area (Å²) in [6, 6.07) is 10.2. The second-order valence-corrected chi connectivity index (χ2v) is 9.18. The molecule has 0 atom stereocenters. The summed E-state index contributed by atoms with van der Waals surface area (Å²) in [5.74, 6) is -0.544. The largest absolute Gasteiger partial charge is 0.508 e. The molecule has 30 heavy (non-hydrogen) atoms. The minimum Gasteiger partial charge on any atom is -0.508 e. The van der Waals surface area contributed by atoms with Crippen LogP contribution in [0.5, 0.6) is 11.5 Å². The van der Waals surface area contributed by atoms with Crippen LogP contribution >= 0.6 is 0 Å². The predicted molar refractivity (Wildman–Crippen MR) is 116 cm³/mol. The van der Waals surface area contributed by atoms with Gasteiger partial charge in [-0.25, -0.2) is 13.1 Å². The van der Waals surface area contributed by atoms with E-state index in [0.717, 1.165) is 32.1 Å². The van der Waals surface area contributed by atoms with Gasteiger partial charge in [-0.1, -0.05) is 19.3 Å². The normalized spacial score (nSPS) is 15.4. The first-order valence-electron chi connectivity index (χ1n) is 9.86. The molecule has 0 radical (unpaired) electrons. The lowest BCUT2D eigenvalue weighted by molar-refractivity contribution is -0.113. The molecule has 0 bridgehead atoms. The predicted octanol–water partition coefficient (Wildman–Crippen LogP) is 3.39. The van der Waals surface area contributed by atoms with Crippen LogP contribution in [0.3, 0.4) is 0 Å². The number of sulfonamides is 1. The van der Waals surface area contributed by atoms with Crippen LogP contribution in [0.15, 0.2) is 53.4 Å². The Morgan fingerprint density at radius 3 is 2.23 bits per heavy atom. The van der Waals surface area contributed by atoms with Gasteiger partial charge in [0.05, 0.1) is 4.90 Å². The van der Waals surface area contributed by atoms with Gasteiger partial charge in [-0.05, 0) is 60.9 Å². The topological polar surface area (TPSA) is 107 Å². The van der Waals surface area contributed by atoms with Crippen molar-refractivity contribution in [2.75, 3.05) is 11.9 Å². The van der Waals surface area contributed by atoms with Gasteiger partial charge in [-0.15, -0.1) is 0 Å². The molecular formula is C22H26N2O5S. The minimum absolute atomic E-state index is 0.0188. The van der Waals surface area contributed by atoms with Gasteiger partial charge in [0.2, 0.25) is 10.0 Å². The number of anilines is 1. The molecule has 1 amide bonds. The number of likely N-dealkylation sites (N-methyl/N-ethyl adjacent to an activating group) is 1. The van der Waals surface area contributed by atoms with Gasteiger partial charge in [-0.3, -0.25) is 4.79 Å². The average Bonchev–Trinajstić information content (AvgIpc) is 2.71. The lowest BCUT2D eigenvalue weighted by Gasteiger charge is -2.22. The standard InChI is InChI=1S/C22H26N2O5S/c1-24(22(27)12-7-16-13-19(25)15-20(26)14-16)18-8-10-21(11-9-18)30(28,29)23-17-5-3-2-4-6-17/h7-15,17,23,25-26H,2-6H2,1H3. The van der Waals surface area contributed by atoms with Gasteiger partial charge in [0, 0.05) is 30.9 Å². The first kappa shape index (κ1) is 21.9. The van der Waals surface area contributed by atoms with E-state index in [2.05, 4.69) is 4.72 Å². The maximum atomic E-state index is 12.6. The highest BCUT2D eigenvalue weighted by Crippen LogP contribution is 2.23. The Morgan fingerprint density at radius 1 is 1.03 bits per heavy atom. The summed E-state index contributed by atoms with van der Waals surface area (Å²) < 4.78 is 27.9. The smallest absolute Gasteiger partial charge is 0.250 e. The molecule has 1 aliphatic carbocycles. The summed E-state index contributed by atoms with van der Waals surface area (Å²) >= 11 is 0. The zero-order valence-corrected chi connectivity index (χ0v) is 17.6. The Balaban J connectivity index is 1.67. The average molecular weight is 431 g/mol. The minimum atomic E-state index is -3.59. The Morgan fingerprint density at radius 2 is 1.63 bits per heavy atom. The summed E-state index contributed by atoms with van der Waals surface area (Å²) in [5, 5.41) is 19.0. The second kappa shape index (κ2) is 9.32. The van der Waals surface area contributed by atoms with Crippen molar-refractivity contribution in [3.63, 3.8) is 0 Å². The molecule has 0 aliphatic heterocycles. The number of benzene rings is 2. The molecule has 1 fully saturated rings. The summed E-state index contributed by atoms with van der Waals surface area (Å²) in [6.07, 6.45) is 7.72. The fraction of sp³-hybridized carbons (Fsp3) is 0.318. The van der Waals surface area contributed by atoms with Crippen molar-refractivity contribution in [3.8, 4) is 11.5 Å². The van der Waals surface area contributed by atoms with Crippen LogP contribution in [0.2, 0.25) is 0 Å². The third kappa shape index (κ3) is 5.61. The van der Waals surface area contributed by atoms with Gasteiger partial charge in [0.1, 0.15) is 11.5 Å². The van der Waals surface area contributed by atoms with Gasteiger partial charge in [-0.2, -0.15) is 0 Å². The third-order valence-electron chi connectivity index (χ3n) is 5.14. The fourth-order valence-electron chi connectivity index (χ4n) is 3.48. The Bertz CT molecular complexity index is 1010. The zero-order chi connectivity index (χ0) is 21.7. The maximum absolute atomic E-state index is 12.6. The van der Waals surface area contributed by atoms with Crippen molar-refractivity contribution in [2.45, 2.75) is 43.0 Å². The first-order valence-corrected chi connectivity index (χ1v) is 11.3. The summed E-state index contributed by atoms with van der Waals surface area (Å²) in [7, 11) is -2.01. The van der Waals surface area contributed by atoms with E-state index in [-0.39, 0.29) is 28.3 Å². The van der Waals surface area contributed by atoms with E-state index in [1.807, 2.05) is 0 Å². The molecule has 2 aromatic rings. The molecule has 0 unspecified atom stereocenters. The van der Waals surface area contributed by atoms with Crippen LogP contribution in [-0.2, 0) is 14.8 Å². The number of rotatable bonds is 6. The summed E-state index contributed by atoms with van der Waals surface area (Å²) in [6.45, 7) is 0. The Labute approximate surface area is 176 Å². The van der Waals surface area contributed by atoms with Crippen LogP contribution in [0.25, 0.3) is 6.08 Å². The highest BCUT2D eigenvalue weighted by atomic mass is 32.2.